The monoisotopic (exact) mass is 482 g/mol. The van der Waals surface area contributed by atoms with Crippen LogP contribution in [0.15, 0.2) is 36.4 Å². The van der Waals surface area contributed by atoms with Crippen molar-refractivity contribution in [2.24, 2.45) is 46.3 Å². The fourth-order valence-electron chi connectivity index (χ4n) is 10.8. The predicted octanol–water partition coefficient (Wildman–Crippen LogP) is 7.15. The van der Waals surface area contributed by atoms with E-state index in [1.165, 1.54) is 38.5 Å². The van der Waals surface area contributed by atoms with Gasteiger partial charge in [-0.15, -0.1) is 0 Å². The molecule has 8 fully saturated rings. The summed E-state index contributed by atoms with van der Waals surface area (Å²) < 4.78 is 0. The van der Waals surface area contributed by atoms with E-state index in [1.807, 2.05) is 18.2 Å². The van der Waals surface area contributed by atoms with Crippen LogP contribution in [0.3, 0.4) is 0 Å². The number of carbonyl (C=O) groups excluding carboxylic acids is 2. The van der Waals surface area contributed by atoms with Crippen molar-refractivity contribution in [2.45, 2.75) is 77.0 Å². The number of amides is 2. The minimum absolute atomic E-state index is 0.157. The molecule has 0 saturated heterocycles. The van der Waals surface area contributed by atoms with Gasteiger partial charge in [-0.05, 0) is 136 Å². The van der Waals surface area contributed by atoms with Crippen molar-refractivity contribution >= 4 is 34.0 Å². The van der Waals surface area contributed by atoms with Gasteiger partial charge in [0.1, 0.15) is 0 Å². The number of anilines is 2. The number of benzene rings is 2. The van der Waals surface area contributed by atoms with Crippen LogP contribution in [-0.4, -0.2) is 11.8 Å². The molecule has 0 aromatic heterocycles. The summed E-state index contributed by atoms with van der Waals surface area (Å²) in [5.74, 6) is 4.98. The molecule has 0 unspecified atom stereocenters. The second-order valence-corrected chi connectivity index (χ2v) is 14.0. The minimum Gasteiger partial charge on any atom is -0.326 e. The van der Waals surface area contributed by atoms with Gasteiger partial charge in [0.25, 0.3) is 0 Å². The van der Waals surface area contributed by atoms with Crippen molar-refractivity contribution in [2.75, 3.05) is 10.6 Å². The Morgan fingerprint density at radius 1 is 0.611 bits per heavy atom. The summed E-state index contributed by atoms with van der Waals surface area (Å²) in [5, 5.41) is 8.84. The lowest BCUT2D eigenvalue weighted by Gasteiger charge is -2.55. The highest BCUT2D eigenvalue weighted by molar-refractivity contribution is 6.06. The standard InChI is InChI=1S/C32H38N2O2/c35-29(31-13-19-6-20(14-31)8-21(7-19)15-31)33-26-5-4-25-2-1-3-28(27(25)12-26)34-30(36)32-16-22-9-23(17-32)11-24(10-22)18-32/h1-5,12,19-24H,6-11,13-18H2,(H,33,35)(H,34,36). The Labute approximate surface area is 214 Å². The Bertz CT molecular complexity index is 1190. The Balaban J connectivity index is 1.05. The van der Waals surface area contributed by atoms with E-state index >= 15 is 0 Å². The molecule has 0 aliphatic heterocycles. The molecule has 8 bridgehead atoms. The van der Waals surface area contributed by atoms with E-state index in [2.05, 4.69) is 28.8 Å². The third-order valence-corrected chi connectivity index (χ3v) is 11.4. The molecule has 4 nitrogen and oxygen atoms in total. The number of nitrogens with one attached hydrogen (secondary N) is 2. The maximum absolute atomic E-state index is 13.8. The molecule has 8 aliphatic carbocycles. The molecule has 10 rings (SSSR count). The summed E-state index contributed by atoms with van der Waals surface area (Å²) >= 11 is 0. The molecule has 0 heterocycles. The second-order valence-electron chi connectivity index (χ2n) is 14.0. The van der Waals surface area contributed by atoms with E-state index in [-0.39, 0.29) is 22.6 Å². The Morgan fingerprint density at radius 3 is 1.58 bits per heavy atom. The van der Waals surface area contributed by atoms with Crippen molar-refractivity contribution in [1.82, 2.24) is 0 Å². The normalized spacial score (nSPS) is 41.6. The summed E-state index contributed by atoms with van der Waals surface area (Å²) in [5.41, 5.74) is 1.43. The van der Waals surface area contributed by atoms with E-state index in [0.717, 1.165) is 96.2 Å². The molecule has 0 spiro atoms. The predicted molar refractivity (Wildman–Crippen MR) is 142 cm³/mol. The van der Waals surface area contributed by atoms with Crippen LogP contribution in [0, 0.1) is 46.3 Å². The van der Waals surface area contributed by atoms with Gasteiger partial charge in [0.2, 0.25) is 11.8 Å². The van der Waals surface area contributed by atoms with Gasteiger partial charge < -0.3 is 10.6 Å². The molecular weight excluding hydrogens is 444 g/mol. The van der Waals surface area contributed by atoms with Gasteiger partial charge in [-0.25, -0.2) is 0 Å². The molecule has 8 saturated carbocycles. The average molecular weight is 483 g/mol. The van der Waals surface area contributed by atoms with Crippen LogP contribution >= 0.6 is 0 Å². The quantitative estimate of drug-likeness (QED) is 0.486. The molecule has 4 heteroatoms. The first-order chi connectivity index (χ1) is 17.5. The molecule has 0 atom stereocenters. The lowest BCUT2D eigenvalue weighted by Crippen LogP contribution is -2.51. The van der Waals surface area contributed by atoms with Crippen LogP contribution in [0.1, 0.15) is 77.0 Å². The topological polar surface area (TPSA) is 58.2 Å². The molecule has 36 heavy (non-hydrogen) atoms. The number of fused-ring (bicyclic) bond motifs is 1. The zero-order valence-electron chi connectivity index (χ0n) is 21.2. The van der Waals surface area contributed by atoms with Gasteiger partial charge >= 0.3 is 0 Å². The van der Waals surface area contributed by atoms with Crippen LogP contribution in [0.25, 0.3) is 10.8 Å². The van der Waals surface area contributed by atoms with Crippen LogP contribution in [-0.2, 0) is 9.59 Å². The number of rotatable bonds is 4. The Morgan fingerprint density at radius 2 is 1.08 bits per heavy atom. The highest BCUT2D eigenvalue weighted by Crippen LogP contribution is 2.61. The van der Waals surface area contributed by atoms with Gasteiger partial charge in [0.15, 0.2) is 0 Å². The zero-order valence-corrected chi connectivity index (χ0v) is 21.2. The second kappa shape index (κ2) is 7.58. The largest absolute Gasteiger partial charge is 0.326 e. The van der Waals surface area contributed by atoms with Crippen molar-refractivity contribution < 1.29 is 9.59 Å². The first kappa shape index (κ1) is 21.7. The van der Waals surface area contributed by atoms with Crippen molar-refractivity contribution in [3.05, 3.63) is 36.4 Å². The summed E-state index contributed by atoms with van der Waals surface area (Å²) in [7, 11) is 0. The maximum atomic E-state index is 13.8. The smallest absolute Gasteiger partial charge is 0.230 e. The average Bonchev–Trinajstić information content (AvgIpc) is 2.83. The zero-order chi connectivity index (χ0) is 24.1. The van der Waals surface area contributed by atoms with Crippen molar-refractivity contribution in [3.63, 3.8) is 0 Å². The van der Waals surface area contributed by atoms with E-state index in [0.29, 0.717) is 0 Å². The maximum Gasteiger partial charge on any atom is 0.230 e. The minimum atomic E-state index is -0.165. The van der Waals surface area contributed by atoms with E-state index in [4.69, 9.17) is 0 Å². The molecule has 8 aliphatic rings. The summed E-state index contributed by atoms with van der Waals surface area (Å²) in [4.78, 5) is 27.4. The number of carbonyl (C=O) groups is 2. The molecule has 2 N–H and O–H groups in total. The van der Waals surface area contributed by atoms with Gasteiger partial charge in [-0.3, -0.25) is 9.59 Å². The van der Waals surface area contributed by atoms with Gasteiger partial charge in [-0.1, -0.05) is 18.2 Å². The molecule has 2 amide bonds. The van der Waals surface area contributed by atoms with Crippen LogP contribution in [0.2, 0.25) is 0 Å². The molecule has 188 valence electrons. The van der Waals surface area contributed by atoms with Crippen LogP contribution in [0.5, 0.6) is 0 Å². The Kier molecular flexibility index (Phi) is 4.57. The molecular formula is C32H38N2O2. The lowest BCUT2D eigenvalue weighted by molar-refractivity contribution is -0.141. The molecule has 2 aromatic carbocycles. The van der Waals surface area contributed by atoms with Crippen molar-refractivity contribution in [1.29, 1.82) is 0 Å². The highest BCUT2D eigenvalue weighted by Gasteiger charge is 2.55. The number of hydrogen-bond donors (Lipinski definition) is 2. The highest BCUT2D eigenvalue weighted by atomic mass is 16.2. The Hall–Kier alpha value is -2.36. The van der Waals surface area contributed by atoms with Crippen molar-refractivity contribution in [3.8, 4) is 0 Å². The summed E-state index contributed by atoms with van der Waals surface area (Å²) in [6.07, 6.45) is 14.5. The van der Waals surface area contributed by atoms with E-state index < -0.39 is 0 Å². The summed E-state index contributed by atoms with van der Waals surface area (Å²) in [6.45, 7) is 0. The third-order valence-electron chi connectivity index (χ3n) is 11.4. The van der Waals surface area contributed by atoms with E-state index in [1.54, 1.807) is 0 Å². The lowest BCUT2D eigenvalue weighted by atomic mass is 9.49. The first-order valence-electron chi connectivity index (χ1n) is 14.6. The van der Waals surface area contributed by atoms with Gasteiger partial charge in [-0.2, -0.15) is 0 Å². The molecule has 2 aromatic rings. The van der Waals surface area contributed by atoms with Crippen LogP contribution in [0.4, 0.5) is 11.4 Å². The SMILES string of the molecule is O=C(Nc1ccc2cccc(NC(=O)C34CC5CC(CC(C5)C3)C4)c2c1)C12CC3CC(CC(C3)C1)C2. The fraction of sp³-hybridized carbons (Fsp3) is 0.625. The number of hydrogen-bond acceptors (Lipinski definition) is 2. The third kappa shape index (κ3) is 3.32. The van der Waals surface area contributed by atoms with Gasteiger partial charge in [0.05, 0.1) is 10.8 Å². The van der Waals surface area contributed by atoms with Crippen LogP contribution < -0.4 is 10.6 Å². The van der Waals surface area contributed by atoms with E-state index in [9.17, 15) is 9.59 Å². The fourth-order valence-corrected chi connectivity index (χ4v) is 10.8. The van der Waals surface area contributed by atoms with Gasteiger partial charge in [0, 0.05) is 16.8 Å². The molecule has 0 radical (unpaired) electrons. The first-order valence-corrected chi connectivity index (χ1v) is 14.6. The summed E-state index contributed by atoms with van der Waals surface area (Å²) in [6, 6.07) is 12.4.